The van der Waals surface area contributed by atoms with Crippen LogP contribution in [0.15, 0.2) is 30.3 Å². The fourth-order valence-corrected chi connectivity index (χ4v) is 2.77. The van der Waals surface area contributed by atoms with Crippen LogP contribution >= 0.6 is 0 Å². The summed E-state index contributed by atoms with van der Waals surface area (Å²) in [5.41, 5.74) is 2.30. The lowest BCUT2D eigenvalue weighted by molar-refractivity contribution is 0.0376. The molecule has 0 aliphatic heterocycles. The third-order valence-corrected chi connectivity index (χ3v) is 4.07. The quantitative estimate of drug-likeness (QED) is 0.430. The molecule has 0 spiro atoms. The second kappa shape index (κ2) is 9.16. The van der Waals surface area contributed by atoms with Crippen LogP contribution in [0, 0.1) is 13.8 Å². The molecule has 2 aromatic rings. The zero-order chi connectivity index (χ0) is 20.0. The Morgan fingerprint density at radius 3 is 2.33 bits per heavy atom. The van der Waals surface area contributed by atoms with Gasteiger partial charge < -0.3 is 14.5 Å². The zero-order valence-corrected chi connectivity index (χ0v) is 16.1. The maximum Gasteiger partial charge on any atom is 0.355 e. The fourth-order valence-electron chi connectivity index (χ4n) is 2.77. The molecule has 6 heteroatoms. The van der Waals surface area contributed by atoms with Crippen LogP contribution in [0.25, 0.3) is 0 Å². The summed E-state index contributed by atoms with van der Waals surface area (Å²) in [6.07, 6.45) is 0.482. The summed E-state index contributed by atoms with van der Waals surface area (Å²) in [7, 11) is 0. The first-order valence-corrected chi connectivity index (χ1v) is 8.96. The summed E-state index contributed by atoms with van der Waals surface area (Å²) in [6, 6.07) is 9.00. The molecule has 1 aromatic carbocycles. The van der Waals surface area contributed by atoms with E-state index in [-0.39, 0.29) is 24.2 Å². The van der Waals surface area contributed by atoms with Crippen molar-refractivity contribution in [3.8, 4) is 0 Å². The van der Waals surface area contributed by atoms with E-state index >= 15 is 0 Å². The number of aromatic nitrogens is 1. The van der Waals surface area contributed by atoms with Crippen LogP contribution in [0.3, 0.4) is 0 Å². The molecule has 1 aromatic heterocycles. The van der Waals surface area contributed by atoms with Crippen molar-refractivity contribution in [3.05, 3.63) is 58.4 Å². The van der Waals surface area contributed by atoms with Gasteiger partial charge in [-0.15, -0.1) is 0 Å². The number of benzene rings is 1. The van der Waals surface area contributed by atoms with E-state index in [1.807, 2.05) is 18.2 Å². The Balaban J connectivity index is 1.91. The van der Waals surface area contributed by atoms with Crippen molar-refractivity contribution < 1.29 is 23.9 Å². The van der Waals surface area contributed by atoms with Gasteiger partial charge in [0.1, 0.15) is 5.69 Å². The number of nitrogens with one attached hydrogen (secondary N) is 1. The number of carbonyl (C=O) groups is 3. The Morgan fingerprint density at radius 1 is 1.04 bits per heavy atom. The number of aromatic amines is 1. The van der Waals surface area contributed by atoms with Gasteiger partial charge in [-0.25, -0.2) is 9.59 Å². The molecular formula is C21H25NO5. The Labute approximate surface area is 158 Å². The lowest BCUT2D eigenvalue weighted by atomic mass is 10.1. The van der Waals surface area contributed by atoms with E-state index in [1.165, 1.54) is 0 Å². The minimum Gasteiger partial charge on any atom is -0.461 e. The van der Waals surface area contributed by atoms with E-state index in [2.05, 4.69) is 4.98 Å². The first-order valence-electron chi connectivity index (χ1n) is 8.96. The maximum absolute atomic E-state index is 12.3. The number of Topliss-reactive ketones (excluding diaryl/α,β-unsaturated/α-hetero) is 1. The third kappa shape index (κ3) is 5.29. The molecule has 0 aliphatic carbocycles. The number of H-pyrrole nitrogens is 1. The molecule has 1 N–H and O–H groups in total. The number of esters is 2. The summed E-state index contributed by atoms with van der Waals surface area (Å²) < 4.78 is 10.5. The molecule has 0 atom stereocenters. The lowest BCUT2D eigenvalue weighted by Crippen LogP contribution is -2.13. The Bertz CT molecular complexity index is 821. The van der Waals surface area contributed by atoms with Crippen LogP contribution in [-0.2, 0) is 9.47 Å². The molecule has 0 saturated carbocycles. The van der Waals surface area contributed by atoms with E-state index in [0.717, 1.165) is 0 Å². The zero-order valence-electron chi connectivity index (χ0n) is 16.1. The topological polar surface area (TPSA) is 85.5 Å². The highest BCUT2D eigenvalue weighted by molar-refractivity contribution is 5.98. The average molecular weight is 371 g/mol. The number of rotatable bonds is 8. The molecule has 6 nitrogen and oxygen atoms in total. The van der Waals surface area contributed by atoms with Gasteiger partial charge in [-0.05, 0) is 39.7 Å². The summed E-state index contributed by atoms with van der Waals surface area (Å²) in [5, 5.41) is 0. The molecule has 27 heavy (non-hydrogen) atoms. The van der Waals surface area contributed by atoms with Crippen molar-refractivity contribution in [2.75, 3.05) is 6.61 Å². The smallest absolute Gasteiger partial charge is 0.355 e. The maximum atomic E-state index is 12.3. The number of ketones is 1. The van der Waals surface area contributed by atoms with Gasteiger partial charge in [-0.3, -0.25) is 4.79 Å². The molecule has 1 heterocycles. The molecule has 0 aliphatic rings. The molecule has 144 valence electrons. The van der Waals surface area contributed by atoms with Gasteiger partial charge in [0.2, 0.25) is 0 Å². The van der Waals surface area contributed by atoms with E-state index in [4.69, 9.17) is 9.47 Å². The largest absolute Gasteiger partial charge is 0.461 e. The summed E-state index contributed by atoms with van der Waals surface area (Å²) in [5.74, 6) is -1.01. The Morgan fingerprint density at radius 2 is 1.70 bits per heavy atom. The van der Waals surface area contributed by atoms with Gasteiger partial charge in [-0.1, -0.05) is 30.3 Å². The predicted octanol–water partition coefficient (Wildman–Crippen LogP) is 4.02. The van der Waals surface area contributed by atoms with Crippen molar-refractivity contribution in [1.29, 1.82) is 0 Å². The van der Waals surface area contributed by atoms with Gasteiger partial charge in [0.25, 0.3) is 0 Å². The lowest BCUT2D eigenvalue weighted by Gasteiger charge is -2.08. The van der Waals surface area contributed by atoms with Crippen LogP contribution in [-0.4, -0.2) is 35.4 Å². The Hall–Kier alpha value is -2.89. The van der Waals surface area contributed by atoms with Crippen LogP contribution in [0.1, 0.15) is 69.2 Å². The molecule has 0 saturated heterocycles. The van der Waals surface area contributed by atoms with Crippen LogP contribution in [0.4, 0.5) is 0 Å². The monoisotopic (exact) mass is 371 g/mol. The SMILES string of the molecule is Cc1[nH]c(C(=O)OCCCC(=O)c2ccccc2)c(C)c1C(=O)OC(C)C. The van der Waals surface area contributed by atoms with Crippen molar-refractivity contribution in [3.63, 3.8) is 0 Å². The van der Waals surface area contributed by atoms with Crippen molar-refractivity contribution in [2.24, 2.45) is 0 Å². The molecule has 0 amide bonds. The molecular weight excluding hydrogens is 346 g/mol. The standard InChI is InChI=1S/C21H25NO5/c1-13(2)27-20(24)18-14(3)19(22-15(18)4)21(25)26-12-8-11-17(23)16-9-6-5-7-10-16/h5-7,9-10,13,22H,8,11-12H2,1-4H3. The molecule has 0 radical (unpaired) electrons. The highest BCUT2D eigenvalue weighted by Gasteiger charge is 2.24. The number of hydrogen-bond acceptors (Lipinski definition) is 5. The second-order valence-electron chi connectivity index (χ2n) is 6.61. The molecule has 0 fully saturated rings. The molecule has 2 rings (SSSR count). The molecule has 0 unspecified atom stereocenters. The minimum absolute atomic E-state index is 0.0114. The minimum atomic E-state index is -0.550. The second-order valence-corrected chi connectivity index (χ2v) is 6.61. The number of ether oxygens (including phenoxy) is 2. The van der Waals surface area contributed by atoms with E-state index in [9.17, 15) is 14.4 Å². The number of aryl methyl sites for hydroxylation is 1. The first-order chi connectivity index (χ1) is 12.8. The van der Waals surface area contributed by atoms with Gasteiger partial charge in [0.15, 0.2) is 5.78 Å². The van der Waals surface area contributed by atoms with Crippen molar-refractivity contribution in [2.45, 2.75) is 46.6 Å². The highest BCUT2D eigenvalue weighted by atomic mass is 16.5. The average Bonchev–Trinajstić information content (AvgIpc) is 2.93. The van der Waals surface area contributed by atoms with Crippen LogP contribution in [0.5, 0.6) is 0 Å². The van der Waals surface area contributed by atoms with Gasteiger partial charge in [0, 0.05) is 17.7 Å². The van der Waals surface area contributed by atoms with E-state index in [0.29, 0.717) is 35.2 Å². The number of carbonyl (C=O) groups excluding carboxylic acids is 3. The summed E-state index contributed by atoms with van der Waals surface area (Å²) >= 11 is 0. The summed E-state index contributed by atoms with van der Waals surface area (Å²) in [6.45, 7) is 7.04. The molecule has 0 bridgehead atoms. The third-order valence-electron chi connectivity index (χ3n) is 4.07. The van der Waals surface area contributed by atoms with E-state index in [1.54, 1.807) is 39.8 Å². The van der Waals surface area contributed by atoms with Crippen LogP contribution < -0.4 is 0 Å². The highest BCUT2D eigenvalue weighted by Crippen LogP contribution is 2.20. The number of hydrogen-bond donors (Lipinski definition) is 1. The first kappa shape index (κ1) is 20.4. The Kier molecular flexibility index (Phi) is 6.93. The van der Waals surface area contributed by atoms with E-state index < -0.39 is 11.9 Å². The fraction of sp³-hybridized carbons (Fsp3) is 0.381. The van der Waals surface area contributed by atoms with Gasteiger partial charge >= 0.3 is 11.9 Å². The van der Waals surface area contributed by atoms with Gasteiger partial charge in [0.05, 0.1) is 18.3 Å². The van der Waals surface area contributed by atoms with Crippen molar-refractivity contribution >= 4 is 17.7 Å². The predicted molar refractivity (Wildman–Crippen MR) is 101 cm³/mol. The van der Waals surface area contributed by atoms with Crippen LogP contribution in [0.2, 0.25) is 0 Å². The van der Waals surface area contributed by atoms with Gasteiger partial charge in [-0.2, -0.15) is 0 Å². The normalized spacial score (nSPS) is 10.7. The van der Waals surface area contributed by atoms with Crippen molar-refractivity contribution in [1.82, 2.24) is 4.98 Å². The summed E-state index contributed by atoms with van der Waals surface area (Å²) in [4.78, 5) is 39.4.